The van der Waals surface area contributed by atoms with E-state index in [0.29, 0.717) is 5.75 Å². The summed E-state index contributed by atoms with van der Waals surface area (Å²) in [6.07, 6.45) is 0.277. The number of fused-ring (bicyclic) bond motifs is 1. The van der Waals surface area contributed by atoms with Crippen LogP contribution in [-0.2, 0) is 4.79 Å². The summed E-state index contributed by atoms with van der Waals surface area (Å²) in [4.78, 5) is 22.6. The van der Waals surface area contributed by atoms with Crippen LogP contribution in [0.5, 0.6) is 11.5 Å². The molecule has 0 radical (unpaired) electrons. The number of hydrogen-bond acceptors (Lipinski definition) is 6. The van der Waals surface area contributed by atoms with Crippen molar-refractivity contribution in [3.8, 4) is 11.5 Å². The first kappa shape index (κ1) is 20.3. The van der Waals surface area contributed by atoms with Gasteiger partial charge in [0.1, 0.15) is 11.5 Å². The summed E-state index contributed by atoms with van der Waals surface area (Å²) in [7, 11) is 0. The number of hydrogen-bond donors (Lipinski definition) is 2. The number of carbonyl (C=O) groups excluding carboxylic acids is 1. The van der Waals surface area contributed by atoms with Crippen molar-refractivity contribution in [1.82, 2.24) is 5.43 Å². The van der Waals surface area contributed by atoms with E-state index >= 15 is 0 Å². The van der Waals surface area contributed by atoms with E-state index in [1.807, 2.05) is 36.4 Å². The highest BCUT2D eigenvalue weighted by Crippen LogP contribution is 2.31. The van der Waals surface area contributed by atoms with Crippen LogP contribution in [0.15, 0.2) is 64.2 Å². The van der Waals surface area contributed by atoms with E-state index in [0.717, 1.165) is 23.1 Å². The molecule has 8 nitrogen and oxygen atoms in total. The maximum absolute atomic E-state index is 12.3. The second-order valence-corrected chi connectivity index (χ2v) is 6.95. The summed E-state index contributed by atoms with van der Waals surface area (Å²) in [5, 5.41) is 26.5. The predicted octanol–water partition coefficient (Wildman–Crippen LogP) is 4.13. The molecule has 0 aliphatic heterocycles. The molecule has 0 bridgehead atoms. The molecule has 1 amide bonds. The summed E-state index contributed by atoms with van der Waals surface area (Å²) >= 11 is 3.04. The zero-order valence-electron chi connectivity index (χ0n) is 15.2. The molecular formula is C20H16BrN3O5. The number of nitrogens with zero attached hydrogens (tertiary/aromatic N) is 2. The van der Waals surface area contributed by atoms with Gasteiger partial charge in [0, 0.05) is 23.1 Å². The molecule has 9 heteroatoms. The number of non-ortho nitro benzene ring substituents is 1. The Kier molecular flexibility index (Phi) is 6.08. The maximum atomic E-state index is 12.3. The number of halogens is 1. The van der Waals surface area contributed by atoms with E-state index < -0.39 is 16.9 Å². The van der Waals surface area contributed by atoms with Crippen LogP contribution < -0.4 is 10.2 Å². The molecule has 1 unspecified atom stereocenters. The Morgan fingerprint density at radius 2 is 2.00 bits per heavy atom. The first-order chi connectivity index (χ1) is 13.9. The van der Waals surface area contributed by atoms with Gasteiger partial charge in [-0.1, -0.05) is 36.4 Å². The number of rotatable bonds is 6. The molecular weight excluding hydrogens is 442 g/mol. The third-order valence-electron chi connectivity index (χ3n) is 4.09. The molecule has 1 atom stereocenters. The number of ether oxygens (including phenoxy) is 1. The second kappa shape index (κ2) is 8.70. The Bertz CT molecular complexity index is 1110. The Balaban J connectivity index is 1.70. The minimum atomic E-state index is -0.844. The van der Waals surface area contributed by atoms with Gasteiger partial charge in [0.25, 0.3) is 11.6 Å². The van der Waals surface area contributed by atoms with Crippen LogP contribution in [0, 0.1) is 10.1 Å². The summed E-state index contributed by atoms with van der Waals surface area (Å²) in [6.45, 7) is 1.58. The number of phenols is 1. The zero-order valence-corrected chi connectivity index (χ0v) is 16.8. The number of nitro benzene ring substituents is 1. The molecule has 3 aromatic carbocycles. The van der Waals surface area contributed by atoms with Crippen molar-refractivity contribution >= 4 is 44.5 Å². The molecule has 0 aliphatic carbocycles. The third-order valence-corrected chi connectivity index (χ3v) is 4.69. The second-order valence-electron chi connectivity index (χ2n) is 6.09. The van der Waals surface area contributed by atoms with Gasteiger partial charge in [-0.25, -0.2) is 5.43 Å². The van der Waals surface area contributed by atoms with Crippen molar-refractivity contribution in [2.45, 2.75) is 13.0 Å². The van der Waals surface area contributed by atoms with Gasteiger partial charge in [-0.05, 0) is 34.3 Å². The average molecular weight is 458 g/mol. The molecule has 0 saturated heterocycles. The van der Waals surface area contributed by atoms with E-state index in [4.69, 9.17) is 4.74 Å². The van der Waals surface area contributed by atoms with Gasteiger partial charge >= 0.3 is 0 Å². The SMILES string of the molecule is CC(Oc1cccc2ccccc12)C(=O)N/N=C/c1cc([N+](=O)[O-])cc(Br)c1O. The first-order valence-corrected chi connectivity index (χ1v) is 9.30. The van der Waals surface area contributed by atoms with E-state index in [1.165, 1.54) is 6.07 Å². The van der Waals surface area contributed by atoms with E-state index in [1.54, 1.807) is 13.0 Å². The van der Waals surface area contributed by atoms with Gasteiger partial charge in [-0.3, -0.25) is 14.9 Å². The Morgan fingerprint density at radius 1 is 1.28 bits per heavy atom. The zero-order chi connectivity index (χ0) is 21.0. The standard InChI is InChI=1S/C20H16BrN3O5/c1-12(29-18-8-4-6-13-5-2-3-7-16(13)18)20(26)23-22-11-14-9-15(24(27)28)10-17(21)19(14)25/h2-12,25H,1H3,(H,23,26)/b22-11+. The number of amides is 1. The van der Waals surface area contributed by atoms with Gasteiger partial charge in [0.05, 0.1) is 15.6 Å². The van der Waals surface area contributed by atoms with Crippen molar-refractivity contribution in [2.75, 3.05) is 0 Å². The minimum Gasteiger partial charge on any atom is -0.506 e. The smallest absolute Gasteiger partial charge is 0.280 e. The lowest BCUT2D eigenvalue weighted by Crippen LogP contribution is -2.33. The van der Waals surface area contributed by atoms with Crippen LogP contribution in [-0.4, -0.2) is 28.3 Å². The molecule has 0 saturated carbocycles. The number of hydrazone groups is 1. The summed E-state index contributed by atoms with van der Waals surface area (Å²) < 4.78 is 5.90. The highest BCUT2D eigenvalue weighted by molar-refractivity contribution is 9.10. The third kappa shape index (κ3) is 4.69. The van der Waals surface area contributed by atoms with Crippen LogP contribution in [0.1, 0.15) is 12.5 Å². The van der Waals surface area contributed by atoms with Crippen LogP contribution >= 0.6 is 15.9 Å². The molecule has 3 rings (SSSR count). The fourth-order valence-electron chi connectivity index (χ4n) is 2.61. The van der Waals surface area contributed by atoms with Crippen molar-refractivity contribution in [1.29, 1.82) is 0 Å². The minimum absolute atomic E-state index is 0.0778. The van der Waals surface area contributed by atoms with Gasteiger partial charge in [-0.15, -0.1) is 0 Å². The monoisotopic (exact) mass is 457 g/mol. The first-order valence-electron chi connectivity index (χ1n) is 8.51. The van der Waals surface area contributed by atoms with E-state index in [-0.39, 0.29) is 21.5 Å². The highest BCUT2D eigenvalue weighted by atomic mass is 79.9. The summed E-state index contributed by atoms with van der Waals surface area (Å²) in [5.41, 5.74) is 2.15. The van der Waals surface area contributed by atoms with Crippen LogP contribution in [0.3, 0.4) is 0 Å². The highest BCUT2D eigenvalue weighted by Gasteiger charge is 2.16. The normalized spacial score (nSPS) is 12.1. The van der Waals surface area contributed by atoms with Crippen molar-refractivity contribution in [2.24, 2.45) is 5.10 Å². The number of phenolic OH excluding ortho intramolecular Hbond substituents is 1. The van der Waals surface area contributed by atoms with Crippen LogP contribution in [0.4, 0.5) is 5.69 Å². The average Bonchev–Trinajstić information content (AvgIpc) is 2.71. The molecule has 0 aliphatic rings. The maximum Gasteiger partial charge on any atom is 0.280 e. The van der Waals surface area contributed by atoms with Crippen molar-refractivity contribution < 1.29 is 19.6 Å². The topological polar surface area (TPSA) is 114 Å². The lowest BCUT2D eigenvalue weighted by atomic mass is 10.1. The number of carbonyl (C=O) groups is 1. The molecule has 2 N–H and O–H groups in total. The quantitative estimate of drug-likeness (QED) is 0.328. The predicted molar refractivity (Wildman–Crippen MR) is 112 cm³/mol. The van der Waals surface area contributed by atoms with E-state index in [2.05, 4.69) is 26.5 Å². The number of aromatic hydroxyl groups is 1. The molecule has 3 aromatic rings. The Hall–Kier alpha value is -3.46. The van der Waals surface area contributed by atoms with Gasteiger partial charge in [-0.2, -0.15) is 5.10 Å². The summed E-state index contributed by atoms with van der Waals surface area (Å²) in [6, 6.07) is 15.5. The summed E-state index contributed by atoms with van der Waals surface area (Å²) in [5.74, 6) is -0.179. The fourth-order valence-corrected chi connectivity index (χ4v) is 3.07. The molecule has 148 valence electrons. The number of nitro groups is 1. The molecule has 0 aromatic heterocycles. The lowest BCUT2D eigenvalue weighted by Gasteiger charge is -2.14. The molecule has 0 spiro atoms. The largest absolute Gasteiger partial charge is 0.506 e. The van der Waals surface area contributed by atoms with Gasteiger partial charge in [0.2, 0.25) is 0 Å². The molecule has 0 heterocycles. The Labute approximate surface area is 174 Å². The van der Waals surface area contributed by atoms with Gasteiger partial charge in [0.15, 0.2) is 6.10 Å². The van der Waals surface area contributed by atoms with E-state index in [9.17, 15) is 20.0 Å². The lowest BCUT2D eigenvalue weighted by molar-refractivity contribution is -0.385. The number of benzene rings is 3. The van der Waals surface area contributed by atoms with Crippen molar-refractivity contribution in [3.63, 3.8) is 0 Å². The van der Waals surface area contributed by atoms with Gasteiger partial charge < -0.3 is 9.84 Å². The Morgan fingerprint density at radius 3 is 2.76 bits per heavy atom. The fraction of sp³-hybridized carbons (Fsp3) is 0.100. The molecule has 0 fully saturated rings. The van der Waals surface area contributed by atoms with Crippen LogP contribution in [0.25, 0.3) is 10.8 Å². The molecule has 29 heavy (non-hydrogen) atoms. The van der Waals surface area contributed by atoms with Crippen LogP contribution in [0.2, 0.25) is 0 Å². The number of nitrogens with one attached hydrogen (secondary N) is 1. The van der Waals surface area contributed by atoms with Crippen molar-refractivity contribution in [3.05, 3.63) is 74.7 Å².